The van der Waals surface area contributed by atoms with E-state index in [2.05, 4.69) is 9.46 Å². The normalized spacial score (nSPS) is 10.9. The smallest absolute Gasteiger partial charge is 0.337 e. The summed E-state index contributed by atoms with van der Waals surface area (Å²) in [5.41, 5.74) is 0.505. The quantitative estimate of drug-likeness (QED) is 0.777. The Morgan fingerprint density at radius 1 is 1.12 bits per heavy atom. The summed E-state index contributed by atoms with van der Waals surface area (Å²) in [5.74, 6) is -0.147. The van der Waals surface area contributed by atoms with Crippen LogP contribution in [-0.4, -0.2) is 28.1 Å². The van der Waals surface area contributed by atoms with Crippen LogP contribution >= 0.6 is 0 Å². The van der Waals surface area contributed by atoms with Crippen molar-refractivity contribution in [3.8, 4) is 5.75 Å². The minimum atomic E-state index is -3.86. The zero-order chi connectivity index (χ0) is 17.6. The van der Waals surface area contributed by atoms with Crippen LogP contribution in [0.2, 0.25) is 0 Å². The third-order valence-corrected chi connectivity index (χ3v) is 4.52. The zero-order valence-corrected chi connectivity index (χ0v) is 14.3. The minimum absolute atomic E-state index is 0.0318. The Morgan fingerprint density at radius 2 is 1.88 bits per heavy atom. The van der Waals surface area contributed by atoms with Gasteiger partial charge in [-0.2, -0.15) is 0 Å². The Morgan fingerprint density at radius 3 is 2.58 bits per heavy atom. The van der Waals surface area contributed by atoms with Crippen molar-refractivity contribution in [2.75, 3.05) is 18.4 Å². The van der Waals surface area contributed by atoms with Crippen LogP contribution in [0.3, 0.4) is 0 Å². The summed E-state index contributed by atoms with van der Waals surface area (Å²) in [6, 6.07) is 12.4. The van der Waals surface area contributed by atoms with Gasteiger partial charge in [0.05, 0.1) is 29.9 Å². The number of ether oxygens (including phenoxy) is 2. The van der Waals surface area contributed by atoms with Gasteiger partial charge in [-0.1, -0.05) is 25.1 Å². The van der Waals surface area contributed by atoms with E-state index in [9.17, 15) is 13.2 Å². The summed E-state index contributed by atoms with van der Waals surface area (Å²) < 4.78 is 37.8. The number of rotatable bonds is 7. The number of sulfonamides is 1. The average molecular weight is 349 g/mol. The highest BCUT2D eigenvalue weighted by atomic mass is 32.2. The number of benzene rings is 2. The molecular weight excluding hydrogens is 330 g/mol. The summed E-state index contributed by atoms with van der Waals surface area (Å²) in [5, 5.41) is 0. The second-order valence-corrected chi connectivity index (χ2v) is 6.65. The molecule has 6 nitrogen and oxygen atoms in total. The van der Waals surface area contributed by atoms with Gasteiger partial charge in [-0.25, -0.2) is 13.2 Å². The van der Waals surface area contributed by atoms with E-state index in [1.54, 1.807) is 24.3 Å². The number of esters is 1. The molecule has 0 amide bonds. The fraction of sp³-hybridized carbons (Fsp3) is 0.235. The lowest BCUT2D eigenvalue weighted by Crippen LogP contribution is -2.15. The van der Waals surface area contributed by atoms with E-state index in [-0.39, 0.29) is 10.5 Å². The predicted octanol–water partition coefficient (Wildman–Crippen LogP) is 3.06. The largest absolute Gasteiger partial charge is 0.491 e. The predicted molar refractivity (Wildman–Crippen MR) is 90.8 cm³/mol. The maximum absolute atomic E-state index is 12.6. The van der Waals surface area contributed by atoms with Crippen molar-refractivity contribution >= 4 is 21.7 Å². The molecule has 0 fully saturated rings. The molecule has 2 aromatic carbocycles. The summed E-state index contributed by atoms with van der Waals surface area (Å²) in [6.07, 6.45) is 0.808. The van der Waals surface area contributed by atoms with Gasteiger partial charge in [0.15, 0.2) is 0 Å². The molecule has 0 saturated heterocycles. The summed E-state index contributed by atoms with van der Waals surface area (Å²) in [6.45, 7) is 2.45. The van der Waals surface area contributed by atoms with Crippen LogP contribution in [-0.2, 0) is 14.8 Å². The van der Waals surface area contributed by atoms with Crippen molar-refractivity contribution in [1.82, 2.24) is 0 Å². The fourth-order valence-electron chi connectivity index (χ4n) is 2.00. The lowest BCUT2D eigenvalue weighted by molar-refractivity contribution is 0.0600. The number of carbonyl (C=O) groups is 1. The van der Waals surface area contributed by atoms with Gasteiger partial charge in [0.2, 0.25) is 0 Å². The standard InChI is InChI=1S/C17H19NO5S/c1-3-11-23-16-10-5-4-9-15(16)18-24(20,21)14-8-6-7-13(12-14)17(19)22-2/h4-10,12,18H,3,11H2,1-2H3. The van der Waals surface area contributed by atoms with E-state index in [4.69, 9.17) is 4.74 Å². The molecule has 0 radical (unpaired) electrons. The molecule has 0 aliphatic rings. The van der Waals surface area contributed by atoms with Crippen molar-refractivity contribution in [3.05, 3.63) is 54.1 Å². The lowest BCUT2D eigenvalue weighted by atomic mass is 10.2. The molecule has 1 N–H and O–H groups in total. The van der Waals surface area contributed by atoms with Crippen LogP contribution in [0.25, 0.3) is 0 Å². The van der Waals surface area contributed by atoms with Crippen molar-refractivity contribution in [2.24, 2.45) is 0 Å². The lowest BCUT2D eigenvalue weighted by Gasteiger charge is -2.13. The van der Waals surface area contributed by atoms with Crippen molar-refractivity contribution in [3.63, 3.8) is 0 Å². The molecule has 0 unspecified atom stereocenters. The molecule has 0 aromatic heterocycles. The molecule has 128 valence electrons. The van der Waals surface area contributed by atoms with E-state index >= 15 is 0 Å². The second kappa shape index (κ2) is 7.83. The molecule has 2 aromatic rings. The van der Waals surface area contributed by atoms with Gasteiger partial charge < -0.3 is 9.47 Å². The van der Waals surface area contributed by atoms with Crippen molar-refractivity contribution in [1.29, 1.82) is 0 Å². The van der Waals surface area contributed by atoms with E-state index < -0.39 is 16.0 Å². The van der Waals surface area contributed by atoms with Crippen LogP contribution < -0.4 is 9.46 Å². The fourth-order valence-corrected chi connectivity index (χ4v) is 3.12. The first kappa shape index (κ1) is 17.8. The SMILES string of the molecule is CCCOc1ccccc1NS(=O)(=O)c1cccc(C(=O)OC)c1. The molecule has 2 rings (SSSR count). The van der Waals surface area contributed by atoms with Gasteiger partial charge in [0.25, 0.3) is 10.0 Å². The number of nitrogens with one attached hydrogen (secondary N) is 1. The average Bonchev–Trinajstić information content (AvgIpc) is 2.60. The van der Waals surface area contributed by atoms with Crippen LogP contribution in [0.1, 0.15) is 23.7 Å². The van der Waals surface area contributed by atoms with Gasteiger partial charge in [-0.15, -0.1) is 0 Å². The van der Waals surface area contributed by atoms with E-state index in [0.29, 0.717) is 18.0 Å². The Kier molecular flexibility index (Phi) is 5.81. The van der Waals surface area contributed by atoms with Gasteiger partial charge in [0.1, 0.15) is 5.75 Å². The van der Waals surface area contributed by atoms with Gasteiger partial charge >= 0.3 is 5.97 Å². The Balaban J connectivity index is 2.31. The van der Waals surface area contributed by atoms with E-state index in [0.717, 1.165) is 6.42 Å². The second-order valence-electron chi connectivity index (χ2n) is 4.97. The first-order chi connectivity index (χ1) is 11.5. The number of methoxy groups -OCH3 is 1. The van der Waals surface area contributed by atoms with Crippen LogP contribution in [0, 0.1) is 0 Å². The molecular formula is C17H19NO5S. The minimum Gasteiger partial charge on any atom is -0.491 e. The first-order valence-corrected chi connectivity index (χ1v) is 8.89. The molecule has 0 atom stereocenters. The Labute approximate surface area is 141 Å². The highest BCUT2D eigenvalue weighted by Gasteiger charge is 2.18. The zero-order valence-electron chi connectivity index (χ0n) is 13.5. The van der Waals surface area contributed by atoms with Crippen molar-refractivity contribution < 1.29 is 22.7 Å². The van der Waals surface area contributed by atoms with Gasteiger partial charge in [0, 0.05) is 0 Å². The molecule has 24 heavy (non-hydrogen) atoms. The van der Waals surface area contributed by atoms with E-state index in [1.807, 2.05) is 6.92 Å². The highest BCUT2D eigenvalue weighted by Crippen LogP contribution is 2.27. The first-order valence-electron chi connectivity index (χ1n) is 7.41. The number of hydrogen-bond acceptors (Lipinski definition) is 5. The molecule has 0 spiro atoms. The summed E-state index contributed by atoms with van der Waals surface area (Å²) in [7, 11) is -2.62. The Hall–Kier alpha value is -2.54. The number of anilines is 1. The molecule has 0 aliphatic heterocycles. The van der Waals surface area contributed by atoms with Crippen LogP contribution in [0.4, 0.5) is 5.69 Å². The van der Waals surface area contributed by atoms with E-state index in [1.165, 1.54) is 31.4 Å². The number of para-hydroxylation sites is 2. The van der Waals surface area contributed by atoms with Gasteiger partial charge in [-0.3, -0.25) is 4.72 Å². The third kappa shape index (κ3) is 4.26. The maximum Gasteiger partial charge on any atom is 0.337 e. The summed E-state index contributed by atoms with van der Waals surface area (Å²) in [4.78, 5) is 11.5. The monoisotopic (exact) mass is 349 g/mol. The topological polar surface area (TPSA) is 81.7 Å². The number of carbonyl (C=O) groups excluding carboxylic acids is 1. The molecule has 0 bridgehead atoms. The maximum atomic E-state index is 12.6. The summed E-state index contributed by atoms with van der Waals surface area (Å²) >= 11 is 0. The van der Waals surface area contributed by atoms with Gasteiger partial charge in [-0.05, 0) is 36.8 Å². The Bertz CT molecular complexity index is 817. The van der Waals surface area contributed by atoms with Crippen LogP contribution in [0.5, 0.6) is 5.75 Å². The molecule has 0 aliphatic carbocycles. The number of hydrogen-bond donors (Lipinski definition) is 1. The molecule has 0 heterocycles. The van der Waals surface area contributed by atoms with Crippen molar-refractivity contribution in [2.45, 2.75) is 18.2 Å². The molecule has 7 heteroatoms. The van der Waals surface area contributed by atoms with Crippen LogP contribution in [0.15, 0.2) is 53.4 Å². The molecule has 0 saturated carbocycles. The third-order valence-electron chi connectivity index (χ3n) is 3.16. The highest BCUT2D eigenvalue weighted by molar-refractivity contribution is 7.92.